The second-order valence-corrected chi connectivity index (χ2v) is 14.6. The molecule has 0 saturated carbocycles. The Balaban J connectivity index is 1.47. The minimum atomic E-state index is -0.922. The van der Waals surface area contributed by atoms with Crippen LogP contribution in [0.15, 0.2) is 104 Å². The molecule has 0 aromatic heterocycles. The maximum atomic E-state index is 15.2. The topological polar surface area (TPSA) is 81.2 Å². The van der Waals surface area contributed by atoms with Gasteiger partial charge in [-0.1, -0.05) is 84.4 Å². The third-order valence-corrected chi connectivity index (χ3v) is 12.1. The third kappa shape index (κ3) is 5.70. The van der Waals surface area contributed by atoms with E-state index < -0.39 is 28.7 Å². The number of aryl methyl sites for hydroxylation is 1. The molecule has 1 N–H and O–H groups in total. The van der Waals surface area contributed by atoms with Crippen molar-refractivity contribution in [2.75, 3.05) is 29.5 Å². The Kier molecular flexibility index (Phi) is 9.65. The first-order chi connectivity index (χ1) is 22.8. The summed E-state index contributed by atoms with van der Waals surface area (Å²) in [4.78, 5) is 49.6. The first-order valence-corrected chi connectivity index (χ1v) is 17.3. The lowest BCUT2D eigenvalue weighted by Gasteiger charge is -2.40. The van der Waals surface area contributed by atoms with Crippen molar-refractivity contribution >= 4 is 52.5 Å². The number of rotatable bonds is 12. The van der Waals surface area contributed by atoms with Gasteiger partial charge in [-0.05, 0) is 55.5 Å². The Morgan fingerprint density at radius 3 is 2.30 bits per heavy atom. The molecule has 3 fully saturated rings. The molecule has 3 aliphatic heterocycles. The van der Waals surface area contributed by atoms with Crippen LogP contribution in [-0.4, -0.2) is 69.5 Å². The summed E-state index contributed by atoms with van der Waals surface area (Å²) in [6, 6.07) is 23.0. The van der Waals surface area contributed by atoms with E-state index in [9.17, 15) is 14.7 Å². The third-order valence-electron chi connectivity index (χ3n) is 9.86. The van der Waals surface area contributed by atoms with Crippen molar-refractivity contribution in [3.63, 3.8) is 0 Å². The fourth-order valence-corrected chi connectivity index (χ4v) is 10.5. The van der Waals surface area contributed by atoms with Crippen molar-refractivity contribution < 1.29 is 19.5 Å². The number of amides is 3. The number of hydrogen-bond donors (Lipinski definition) is 1. The van der Waals surface area contributed by atoms with E-state index >= 15 is 4.79 Å². The lowest BCUT2D eigenvalue weighted by atomic mass is 9.70. The fraction of sp³-hybridized carbons (Fsp3) is 0.342. The van der Waals surface area contributed by atoms with Crippen LogP contribution in [0.3, 0.4) is 0 Å². The highest BCUT2D eigenvalue weighted by molar-refractivity contribution is 8.02. The zero-order chi connectivity index (χ0) is 33.3. The number of anilines is 2. The molecule has 6 atom stereocenters. The Bertz CT molecular complexity index is 1650. The maximum Gasteiger partial charge on any atom is 0.251 e. The fourth-order valence-electron chi connectivity index (χ4n) is 7.96. The largest absolute Gasteiger partial charge is 0.394 e. The number of fused-ring (bicyclic) bond motifs is 1. The average molecular weight is 670 g/mol. The number of likely N-dealkylation sites (tertiary alicyclic amines) is 1. The van der Waals surface area contributed by atoms with Gasteiger partial charge in [-0.2, -0.15) is 0 Å². The minimum absolute atomic E-state index is 0.124. The number of carbonyl (C=O) groups excluding carboxylic acids is 3. The maximum absolute atomic E-state index is 15.2. The van der Waals surface area contributed by atoms with Gasteiger partial charge in [0, 0.05) is 24.0 Å². The number of carbonyl (C=O) groups is 3. The highest BCUT2D eigenvalue weighted by Crippen LogP contribution is 2.67. The first-order valence-electron chi connectivity index (χ1n) is 16.1. The van der Waals surface area contributed by atoms with Crippen molar-refractivity contribution in [3.8, 4) is 0 Å². The molecule has 2 bridgehead atoms. The van der Waals surface area contributed by atoms with Gasteiger partial charge in [0.2, 0.25) is 11.8 Å². The van der Waals surface area contributed by atoms with Gasteiger partial charge in [0.05, 0.1) is 39.9 Å². The molecule has 2 unspecified atom stereocenters. The highest BCUT2D eigenvalue weighted by Gasteiger charge is 2.74. The summed E-state index contributed by atoms with van der Waals surface area (Å²) < 4.78 is -0.853. The van der Waals surface area contributed by atoms with E-state index in [1.807, 2.05) is 79.7 Å². The molecule has 6 rings (SSSR count). The van der Waals surface area contributed by atoms with E-state index in [1.54, 1.807) is 44.7 Å². The zero-order valence-corrected chi connectivity index (χ0v) is 28.1. The van der Waals surface area contributed by atoms with Crippen molar-refractivity contribution in [1.29, 1.82) is 0 Å². The summed E-state index contributed by atoms with van der Waals surface area (Å²) in [5, 5.41) is 11.2. The lowest BCUT2D eigenvalue weighted by molar-refractivity contribution is -0.141. The number of benzene rings is 3. The number of hydrogen-bond acceptors (Lipinski definition) is 5. The first kappa shape index (κ1) is 33.1. The number of aliphatic hydroxyl groups is 1. The summed E-state index contributed by atoms with van der Waals surface area (Å²) >= 11 is 8.35. The summed E-state index contributed by atoms with van der Waals surface area (Å²) in [5.41, 5.74) is 3.06. The quantitative estimate of drug-likeness (QED) is 0.237. The Labute approximate surface area is 285 Å². The molecular formula is C38H40ClN3O4S. The van der Waals surface area contributed by atoms with Gasteiger partial charge in [-0.15, -0.1) is 24.9 Å². The Morgan fingerprint density at radius 2 is 1.66 bits per heavy atom. The smallest absolute Gasteiger partial charge is 0.251 e. The van der Waals surface area contributed by atoms with Crippen LogP contribution in [0.4, 0.5) is 11.4 Å². The summed E-state index contributed by atoms with van der Waals surface area (Å²) in [6.07, 6.45) is 5.02. The van der Waals surface area contributed by atoms with Crippen molar-refractivity contribution in [1.82, 2.24) is 4.90 Å². The standard InChI is InChI=1S/C38H40ClN3O4S/c1-4-21-40(27-16-10-7-11-17-27)35(44)31-30-19-20-38(47-30)32(31)36(45)42(28(24-43)23-26-14-8-6-9-15-26)34(38)37(46)41(22-5-2)33-25(3)13-12-18-29(33)39/h4-18,28,30-32,34,43H,1-2,19-24H2,3H3/t28-,30-,31+,32+,34?,38?/m1/s1. The predicted octanol–water partition coefficient (Wildman–Crippen LogP) is 6.08. The van der Waals surface area contributed by atoms with Crippen LogP contribution in [0.2, 0.25) is 5.02 Å². The van der Waals surface area contributed by atoms with Gasteiger partial charge in [0.25, 0.3) is 5.91 Å². The molecule has 3 saturated heterocycles. The van der Waals surface area contributed by atoms with Crippen LogP contribution in [0.25, 0.3) is 0 Å². The molecule has 3 heterocycles. The van der Waals surface area contributed by atoms with Crippen molar-refractivity contribution in [2.45, 2.75) is 48.3 Å². The Hall–Kier alpha value is -3.85. The molecule has 0 aliphatic carbocycles. The van der Waals surface area contributed by atoms with Gasteiger partial charge in [0.1, 0.15) is 6.04 Å². The highest BCUT2D eigenvalue weighted by atomic mass is 35.5. The molecule has 3 aromatic carbocycles. The van der Waals surface area contributed by atoms with Crippen LogP contribution in [0.1, 0.15) is 24.0 Å². The van der Waals surface area contributed by atoms with E-state index in [0.717, 1.165) is 16.8 Å². The molecule has 47 heavy (non-hydrogen) atoms. The molecule has 3 aliphatic rings. The molecule has 9 heteroatoms. The summed E-state index contributed by atoms with van der Waals surface area (Å²) in [7, 11) is 0. The van der Waals surface area contributed by atoms with Crippen LogP contribution in [0, 0.1) is 18.8 Å². The van der Waals surface area contributed by atoms with Crippen LogP contribution >= 0.6 is 23.4 Å². The van der Waals surface area contributed by atoms with E-state index in [4.69, 9.17) is 11.6 Å². The van der Waals surface area contributed by atoms with Gasteiger partial charge in [-0.25, -0.2) is 0 Å². The molecule has 244 valence electrons. The average Bonchev–Trinajstić information content (AvgIpc) is 3.73. The molecule has 0 radical (unpaired) electrons. The van der Waals surface area contributed by atoms with Crippen LogP contribution < -0.4 is 9.80 Å². The second kappa shape index (κ2) is 13.7. The number of nitrogens with zero attached hydrogens (tertiary/aromatic N) is 3. The van der Waals surface area contributed by atoms with E-state index in [2.05, 4.69) is 13.2 Å². The van der Waals surface area contributed by atoms with E-state index in [-0.39, 0.29) is 36.1 Å². The molecular weight excluding hydrogens is 630 g/mol. The molecule has 3 aromatic rings. The minimum Gasteiger partial charge on any atom is -0.394 e. The molecule has 3 amide bonds. The number of halogens is 1. The molecule has 7 nitrogen and oxygen atoms in total. The summed E-state index contributed by atoms with van der Waals surface area (Å²) in [5.74, 6) is -2.04. The molecule has 1 spiro atoms. The lowest BCUT2D eigenvalue weighted by Crippen LogP contribution is -2.58. The van der Waals surface area contributed by atoms with Crippen molar-refractivity contribution in [2.24, 2.45) is 11.8 Å². The zero-order valence-electron chi connectivity index (χ0n) is 26.5. The van der Waals surface area contributed by atoms with E-state index in [1.165, 1.54) is 0 Å². The normalized spacial score (nSPS) is 24.9. The monoisotopic (exact) mass is 669 g/mol. The van der Waals surface area contributed by atoms with Gasteiger partial charge < -0.3 is 19.8 Å². The number of para-hydroxylation sites is 2. The SMILES string of the molecule is C=CCN(C(=O)[C@@H]1[C@H]2C(=O)N([C@@H](CO)Cc3ccccc3)C(C(=O)N(CC=C)c3c(C)cccc3Cl)C23CC[C@H]1S3)c1ccccc1. The Morgan fingerprint density at radius 1 is 1.00 bits per heavy atom. The van der Waals surface area contributed by atoms with Gasteiger partial charge >= 0.3 is 0 Å². The van der Waals surface area contributed by atoms with Gasteiger partial charge in [0.15, 0.2) is 0 Å². The van der Waals surface area contributed by atoms with Crippen LogP contribution in [-0.2, 0) is 20.8 Å². The van der Waals surface area contributed by atoms with Crippen molar-refractivity contribution in [3.05, 3.63) is 120 Å². The van der Waals surface area contributed by atoms with Crippen LogP contribution in [0.5, 0.6) is 0 Å². The number of thioether (sulfide) groups is 1. The second-order valence-electron chi connectivity index (χ2n) is 12.5. The summed E-state index contributed by atoms with van der Waals surface area (Å²) in [6.45, 7) is 9.86. The van der Waals surface area contributed by atoms with E-state index in [0.29, 0.717) is 36.5 Å². The number of aliphatic hydroxyl groups excluding tert-OH is 1. The predicted molar refractivity (Wildman–Crippen MR) is 190 cm³/mol. The van der Waals surface area contributed by atoms with Gasteiger partial charge in [-0.3, -0.25) is 14.4 Å².